The molecule has 0 aliphatic heterocycles. The smallest absolute Gasteiger partial charge is 0.338 e. The number of carboxylic acid groups (broad SMARTS) is 1. The third kappa shape index (κ3) is 2.38. The minimum absolute atomic E-state index is 0.196. The zero-order valence-corrected chi connectivity index (χ0v) is 10.2. The molecular weight excluding hydrogens is 375 g/mol. The van der Waals surface area contributed by atoms with Gasteiger partial charge in [0.1, 0.15) is 15.9 Å². The van der Waals surface area contributed by atoms with Crippen molar-refractivity contribution in [1.82, 2.24) is 4.98 Å². The Hall–Kier alpha value is -0.310. The summed E-state index contributed by atoms with van der Waals surface area (Å²) in [6, 6.07) is 1.37. The van der Waals surface area contributed by atoms with Crippen molar-refractivity contribution in [3.05, 3.63) is 25.5 Å². The summed E-state index contributed by atoms with van der Waals surface area (Å²) in [4.78, 5) is 14.1. The highest BCUT2D eigenvalue weighted by atomic mass is 127. The number of aromatic nitrogens is 1. The van der Waals surface area contributed by atoms with Crippen LogP contribution in [-0.4, -0.2) is 16.1 Å². The molecular formula is C7H3BrF2INO2. The first-order valence-corrected chi connectivity index (χ1v) is 5.18. The summed E-state index contributed by atoms with van der Waals surface area (Å²) in [6.45, 7) is 0. The van der Waals surface area contributed by atoms with E-state index in [2.05, 4.69) is 20.9 Å². The lowest BCUT2D eigenvalue weighted by Crippen LogP contribution is -2.08. The Bertz CT molecular complexity index is 386. The number of nitrogens with zero attached hydrogens (tertiary/aromatic N) is 1. The number of hydrogen-bond donors (Lipinski definition) is 1. The van der Waals surface area contributed by atoms with E-state index < -0.39 is 23.7 Å². The molecule has 0 aliphatic rings. The van der Waals surface area contributed by atoms with E-state index in [0.29, 0.717) is 0 Å². The molecule has 1 aromatic heterocycles. The number of carbonyl (C=O) groups is 1. The summed E-state index contributed by atoms with van der Waals surface area (Å²) in [5, 5.41) is 8.69. The molecule has 0 saturated heterocycles. The van der Waals surface area contributed by atoms with Gasteiger partial charge in [0.2, 0.25) is 0 Å². The van der Waals surface area contributed by atoms with Gasteiger partial charge in [-0.15, -0.1) is 0 Å². The van der Waals surface area contributed by atoms with Crippen LogP contribution in [0, 0.1) is 3.57 Å². The van der Waals surface area contributed by atoms with Gasteiger partial charge in [-0.3, -0.25) is 0 Å². The van der Waals surface area contributed by atoms with Crippen LogP contribution in [0.2, 0.25) is 0 Å². The molecule has 1 heterocycles. The molecule has 0 saturated carbocycles. The molecule has 1 aromatic rings. The molecule has 14 heavy (non-hydrogen) atoms. The molecule has 0 unspecified atom stereocenters. The van der Waals surface area contributed by atoms with Crippen molar-refractivity contribution in [2.45, 2.75) is 6.43 Å². The Morgan fingerprint density at radius 1 is 1.64 bits per heavy atom. The van der Waals surface area contributed by atoms with E-state index >= 15 is 0 Å². The van der Waals surface area contributed by atoms with E-state index in [1.807, 2.05) is 0 Å². The number of hydrogen-bond acceptors (Lipinski definition) is 2. The molecule has 0 spiro atoms. The van der Waals surface area contributed by atoms with Gasteiger partial charge in [-0.25, -0.2) is 18.6 Å². The Kier molecular flexibility index (Phi) is 3.76. The van der Waals surface area contributed by atoms with Gasteiger partial charge in [-0.2, -0.15) is 0 Å². The van der Waals surface area contributed by atoms with Crippen molar-refractivity contribution in [3.8, 4) is 0 Å². The topological polar surface area (TPSA) is 50.2 Å². The number of pyridine rings is 1. The molecule has 76 valence electrons. The van der Waals surface area contributed by atoms with Crippen LogP contribution >= 0.6 is 38.5 Å². The predicted molar refractivity (Wildman–Crippen MR) is 56.6 cm³/mol. The minimum Gasteiger partial charge on any atom is -0.478 e. The van der Waals surface area contributed by atoms with E-state index in [1.165, 1.54) is 6.07 Å². The van der Waals surface area contributed by atoms with Crippen molar-refractivity contribution in [3.63, 3.8) is 0 Å². The molecule has 1 rings (SSSR count). The third-order valence-electron chi connectivity index (χ3n) is 1.39. The van der Waals surface area contributed by atoms with Crippen LogP contribution < -0.4 is 0 Å². The van der Waals surface area contributed by atoms with Crippen molar-refractivity contribution in [2.24, 2.45) is 0 Å². The summed E-state index contributed by atoms with van der Waals surface area (Å²) in [5.74, 6) is -1.40. The van der Waals surface area contributed by atoms with E-state index in [4.69, 9.17) is 5.11 Å². The van der Waals surface area contributed by atoms with E-state index in [9.17, 15) is 13.6 Å². The van der Waals surface area contributed by atoms with Gasteiger partial charge in [0, 0.05) is 3.57 Å². The van der Waals surface area contributed by atoms with Gasteiger partial charge < -0.3 is 5.11 Å². The average molecular weight is 378 g/mol. The van der Waals surface area contributed by atoms with Crippen LogP contribution in [0.15, 0.2) is 10.7 Å². The maximum atomic E-state index is 12.4. The first-order chi connectivity index (χ1) is 6.43. The van der Waals surface area contributed by atoms with Crippen LogP contribution in [0.25, 0.3) is 0 Å². The van der Waals surface area contributed by atoms with Crippen molar-refractivity contribution in [2.75, 3.05) is 0 Å². The largest absolute Gasteiger partial charge is 0.478 e. The van der Waals surface area contributed by atoms with Gasteiger partial charge >= 0.3 is 5.97 Å². The summed E-state index contributed by atoms with van der Waals surface area (Å²) in [5.41, 5.74) is -1.15. The highest BCUT2D eigenvalue weighted by molar-refractivity contribution is 14.1. The average Bonchev–Trinajstić information content (AvgIpc) is 2.01. The molecule has 0 aliphatic carbocycles. The molecule has 3 nitrogen and oxygen atoms in total. The van der Waals surface area contributed by atoms with Crippen molar-refractivity contribution >= 4 is 44.5 Å². The van der Waals surface area contributed by atoms with E-state index in [1.54, 1.807) is 22.6 Å². The second kappa shape index (κ2) is 4.47. The molecule has 1 N–H and O–H groups in total. The standard InChI is InChI=1S/C7H3BrF2INO2/c8-3-1-2(11)4(7(13)14)5(12-3)6(9)10/h1,6H,(H,13,14). The lowest BCUT2D eigenvalue weighted by atomic mass is 10.2. The van der Waals surface area contributed by atoms with Crippen LogP contribution in [0.3, 0.4) is 0 Å². The number of alkyl halides is 2. The Morgan fingerprint density at radius 2 is 2.21 bits per heavy atom. The molecule has 0 bridgehead atoms. The number of rotatable bonds is 2. The van der Waals surface area contributed by atoms with Crippen LogP contribution in [0.4, 0.5) is 8.78 Å². The van der Waals surface area contributed by atoms with Crippen LogP contribution in [0.5, 0.6) is 0 Å². The predicted octanol–water partition coefficient (Wildman–Crippen LogP) is 3.08. The Balaban J connectivity index is 3.44. The van der Waals surface area contributed by atoms with Gasteiger partial charge in [-0.1, -0.05) is 0 Å². The van der Waals surface area contributed by atoms with E-state index in [-0.39, 0.29) is 8.17 Å². The fraction of sp³-hybridized carbons (Fsp3) is 0.143. The zero-order chi connectivity index (χ0) is 10.9. The molecule has 7 heteroatoms. The molecule has 0 radical (unpaired) electrons. The Morgan fingerprint density at radius 3 is 2.64 bits per heavy atom. The second-order valence-electron chi connectivity index (χ2n) is 2.29. The molecule has 0 aromatic carbocycles. The first kappa shape index (κ1) is 11.8. The van der Waals surface area contributed by atoms with Gasteiger partial charge in [-0.05, 0) is 44.6 Å². The van der Waals surface area contributed by atoms with Gasteiger partial charge in [0.05, 0.1) is 0 Å². The fourth-order valence-electron chi connectivity index (χ4n) is 0.872. The second-order valence-corrected chi connectivity index (χ2v) is 4.27. The summed E-state index contributed by atoms with van der Waals surface area (Å²) in [7, 11) is 0. The summed E-state index contributed by atoms with van der Waals surface area (Å²) in [6.07, 6.45) is -2.90. The monoisotopic (exact) mass is 377 g/mol. The third-order valence-corrected chi connectivity index (χ3v) is 2.65. The fourth-order valence-corrected chi connectivity index (χ4v) is 2.52. The first-order valence-electron chi connectivity index (χ1n) is 3.31. The molecule has 0 fully saturated rings. The lowest BCUT2D eigenvalue weighted by molar-refractivity contribution is 0.0680. The highest BCUT2D eigenvalue weighted by Crippen LogP contribution is 2.27. The normalized spacial score (nSPS) is 10.6. The summed E-state index contributed by atoms with van der Waals surface area (Å²) < 4.78 is 25.2. The zero-order valence-electron chi connectivity index (χ0n) is 6.47. The molecule has 0 atom stereocenters. The number of carboxylic acids is 1. The number of halogens is 4. The number of aromatic carboxylic acids is 1. The highest BCUT2D eigenvalue weighted by Gasteiger charge is 2.23. The Labute approximate surface area is 99.8 Å². The maximum Gasteiger partial charge on any atom is 0.338 e. The van der Waals surface area contributed by atoms with Crippen LogP contribution in [0.1, 0.15) is 22.5 Å². The molecule has 0 amide bonds. The van der Waals surface area contributed by atoms with Crippen LogP contribution in [-0.2, 0) is 0 Å². The maximum absolute atomic E-state index is 12.4. The lowest BCUT2D eigenvalue weighted by Gasteiger charge is -2.06. The van der Waals surface area contributed by atoms with E-state index in [0.717, 1.165) is 0 Å². The van der Waals surface area contributed by atoms with Crippen molar-refractivity contribution in [1.29, 1.82) is 0 Å². The van der Waals surface area contributed by atoms with Gasteiger partial charge in [0.15, 0.2) is 0 Å². The SMILES string of the molecule is O=C(O)c1c(I)cc(Br)nc1C(F)F. The minimum atomic E-state index is -2.90. The van der Waals surface area contributed by atoms with Gasteiger partial charge in [0.25, 0.3) is 6.43 Å². The summed E-state index contributed by atoms with van der Waals surface area (Å²) >= 11 is 4.60. The van der Waals surface area contributed by atoms with Crippen molar-refractivity contribution < 1.29 is 18.7 Å². The quantitative estimate of drug-likeness (QED) is 0.636.